The summed E-state index contributed by atoms with van der Waals surface area (Å²) in [4.78, 5) is 16.6. The molecule has 6 nitrogen and oxygen atoms in total. The number of ether oxygens (including phenoxy) is 1. The van der Waals surface area contributed by atoms with E-state index in [0.717, 1.165) is 73.8 Å². The van der Waals surface area contributed by atoms with E-state index in [1.165, 1.54) is 7.11 Å². The van der Waals surface area contributed by atoms with E-state index < -0.39 is 0 Å². The Morgan fingerprint density at radius 2 is 1.79 bits per heavy atom. The van der Waals surface area contributed by atoms with Crippen LogP contribution in [0.25, 0.3) is 11.3 Å². The number of benzene rings is 2. The van der Waals surface area contributed by atoms with E-state index in [1.807, 2.05) is 36.4 Å². The molecule has 1 saturated heterocycles. The average Bonchev–Trinajstić information content (AvgIpc) is 3.60. The highest BCUT2D eigenvalue weighted by Gasteiger charge is 2.34. The minimum Gasteiger partial charge on any atom is -0.465 e. The van der Waals surface area contributed by atoms with Crippen molar-refractivity contribution in [1.82, 2.24) is 10.1 Å². The van der Waals surface area contributed by atoms with Crippen molar-refractivity contribution in [2.45, 2.75) is 25.3 Å². The summed E-state index contributed by atoms with van der Waals surface area (Å²) in [6.45, 7) is 4.22. The molecule has 33 heavy (non-hydrogen) atoms. The second kappa shape index (κ2) is 9.37. The zero-order valence-electron chi connectivity index (χ0n) is 18.4. The van der Waals surface area contributed by atoms with Crippen molar-refractivity contribution >= 4 is 34.9 Å². The summed E-state index contributed by atoms with van der Waals surface area (Å²) in [5.74, 6) is 1.08. The molecule has 2 aliphatic rings. The fraction of sp³-hybridized carbons (Fsp3) is 0.360. The van der Waals surface area contributed by atoms with E-state index in [0.29, 0.717) is 21.5 Å². The number of methoxy groups -OCH3 is 1. The third-order valence-corrected chi connectivity index (χ3v) is 6.98. The lowest BCUT2D eigenvalue weighted by molar-refractivity contribution is 0.0600. The Morgan fingerprint density at radius 1 is 1.09 bits per heavy atom. The highest BCUT2D eigenvalue weighted by Crippen LogP contribution is 2.46. The van der Waals surface area contributed by atoms with E-state index in [9.17, 15) is 4.79 Å². The number of anilines is 1. The van der Waals surface area contributed by atoms with E-state index in [2.05, 4.69) is 15.0 Å². The van der Waals surface area contributed by atoms with Gasteiger partial charge in [0.15, 0.2) is 0 Å². The summed E-state index contributed by atoms with van der Waals surface area (Å²) >= 11 is 13.0. The molecule has 5 rings (SSSR count). The molecule has 0 N–H and O–H groups in total. The van der Waals surface area contributed by atoms with Gasteiger partial charge in [0, 0.05) is 55.5 Å². The van der Waals surface area contributed by atoms with Gasteiger partial charge in [0.25, 0.3) is 0 Å². The van der Waals surface area contributed by atoms with Gasteiger partial charge < -0.3 is 14.2 Å². The molecule has 8 heteroatoms. The SMILES string of the molecule is COC(=O)c1cccc(N2CCN(Cc3c(-c4c(Cl)cccc4Cl)noc3C3CC3)CC2)c1. The number of nitrogens with zero attached hydrogens (tertiary/aromatic N) is 3. The zero-order chi connectivity index (χ0) is 22.9. The molecule has 0 atom stereocenters. The Morgan fingerprint density at radius 3 is 2.45 bits per heavy atom. The number of aromatic nitrogens is 1. The van der Waals surface area contributed by atoms with Crippen molar-refractivity contribution in [3.05, 3.63) is 69.4 Å². The predicted molar refractivity (Wildman–Crippen MR) is 129 cm³/mol. The molecule has 0 bridgehead atoms. The van der Waals surface area contributed by atoms with Crippen LogP contribution in [0.4, 0.5) is 5.69 Å². The van der Waals surface area contributed by atoms with Crippen LogP contribution in [0.15, 0.2) is 47.0 Å². The van der Waals surface area contributed by atoms with Gasteiger partial charge in [0.05, 0.1) is 22.7 Å². The van der Waals surface area contributed by atoms with Gasteiger partial charge in [-0.1, -0.05) is 40.5 Å². The fourth-order valence-corrected chi connectivity index (χ4v) is 4.97. The van der Waals surface area contributed by atoms with Crippen LogP contribution in [0.2, 0.25) is 10.0 Å². The van der Waals surface area contributed by atoms with Crippen LogP contribution in [0, 0.1) is 0 Å². The van der Waals surface area contributed by atoms with Crippen LogP contribution in [0.1, 0.15) is 40.4 Å². The number of esters is 1. The molecule has 3 aromatic rings. The number of halogens is 2. The van der Waals surface area contributed by atoms with Crippen molar-refractivity contribution in [3.8, 4) is 11.3 Å². The monoisotopic (exact) mass is 485 g/mol. The van der Waals surface area contributed by atoms with Gasteiger partial charge in [0.2, 0.25) is 0 Å². The van der Waals surface area contributed by atoms with Crippen molar-refractivity contribution < 1.29 is 14.1 Å². The Balaban J connectivity index is 1.33. The normalized spacial score (nSPS) is 16.8. The van der Waals surface area contributed by atoms with Crippen LogP contribution in [0.3, 0.4) is 0 Å². The highest BCUT2D eigenvalue weighted by atomic mass is 35.5. The maximum Gasteiger partial charge on any atom is 0.337 e. The molecule has 2 aromatic carbocycles. The first-order chi connectivity index (χ1) is 16.0. The molecule has 2 heterocycles. The summed E-state index contributed by atoms with van der Waals surface area (Å²) in [6.07, 6.45) is 2.25. The Bertz CT molecular complexity index is 1150. The molecule has 172 valence electrons. The molecule has 1 aliphatic heterocycles. The molecule has 0 amide bonds. The van der Waals surface area contributed by atoms with Gasteiger partial charge in [-0.15, -0.1) is 0 Å². The van der Waals surface area contributed by atoms with Crippen molar-refractivity contribution in [2.24, 2.45) is 0 Å². The van der Waals surface area contributed by atoms with Crippen LogP contribution in [-0.4, -0.2) is 49.3 Å². The van der Waals surface area contributed by atoms with Gasteiger partial charge in [-0.25, -0.2) is 4.79 Å². The molecule has 0 spiro atoms. The van der Waals surface area contributed by atoms with Crippen LogP contribution in [-0.2, 0) is 11.3 Å². The summed E-state index contributed by atoms with van der Waals surface area (Å²) in [5, 5.41) is 5.56. The first kappa shape index (κ1) is 22.3. The number of carbonyl (C=O) groups is 1. The molecule has 1 aliphatic carbocycles. The van der Waals surface area contributed by atoms with Gasteiger partial charge >= 0.3 is 5.97 Å². The summed E-state index contributed by atoms with van der Waals surface area (Å²) < 4.78 is 10.7. The first-order valence-electron chi connectivity index (χ1n) is 11.1. The van der Waals surface area contributed by atoms with Crippen LogP contribution < -0.4 is 4.90 Å². The third kappa shape index (κ3) is 4.60. The third-order valence-electron chi connectivity index (χ3n) is 6.35. The standard InChI is InChI=1S/C25H25Cl2N3O3/c1-32-25(31)17-4-2-5-18(14-17)30-12-10-29(11-13-30)15-19-23(28-33-24(19)16-8-9-16)22-20(26)6-3-7-21(22)27/h2-7,14,16H,8-13,15H2,1H3. The maximum atomic E-state index is 11.9. The molecular weight excluding hydrogens is 461 g/mol. The van der Waals surface area contributed by atoms with E-state index >= 15 is 0 Å². The summed E-state index contributed by atoms with van der Waals surface area (Å²) in [5.41, 5.74) is 4.18. The number of piperazine rings is 1. The Hall–Kier alpha value is -2.54. The molecule has 0 unspecified atom stereocenters. The predicted octanol–water partition coefficient (Wildman–Crippen LogP) is 5.63. The Labute approximate surface area is 203 Å². The molecule has 0 radical (unpaired) electrons. The fourth-order valence-electron chi connectivity index (χ4n) is 4.40. The van der Waals surface area contributed by atoms with E-state index in [-0.39, 0.29) is 5.97 Å². The minimum atomic E-state index is -0.318. The summed E-state index contributed by atoms with van der Waals surface area (Å²) in [6, 6.07) is 13.1. The van der Waals surface area contributed by atoms with Gasteiger partial charge in [-0.3, -0.25) is 4.90 Å². The largest absolute Gasteiger partial charge is 0.465 e. The lowest BCUT2D eigenvalue weighted by Gasteiger charge is -2.36. The highest BCUT2D eigenvalue weighted by molar-refractivity contribution is 6.39. The second-order valence-corrected chi connectivity index (χ2v) is 9.36. The number of hydrogen-bond donors (Lipinski definition) is 0. The molecule has 1 aromatic heterocycles. The number of carbonyl (C=O) groups excluding carboxylic acids is 1. The zero-order valence-corrected chi connectivity index (χ0v) is 19.9. The van der Waals surface area contributed by atoms with Gasteiger partial charge in [-0.05, 0) is 43.2 Å². The van der Waals surface area contributed by atoms with Gasteiger partial charge in [-0.2, -0.15) is 0 Å². The van der Waals surface area contributed by atoms with Crippen molar-refractivity contribution in [1.29, 1.82) is 0 Å². The van der Waals surface area contributed by atoms with Gasteiger partial charge in [0.1, 0.15) is 11.5 Å². The summed E-state index contributed by atoms with van der Waals surface area (Å²) in [7, 11) is 1.40. The van der Waals surface area contributed by atoms with Crippen molar-refractivity contribution in [3.63, 3.8) is 0 Å². The maximum absolute atomic E-state index is 11.9. The smallest absolute Gasteiger partial charge is 0.337 e. The lowest BCUT2D eigenvalue weighted by Crippen LogP contribution is -2.46. The second-order valence-electron chi connectivity index (χ2n) is 8.55. The Kier molecular flexibility index (Phi) is 6.32. The van der Waals surface area contributed by atoms with E-state index in [1.54, 1.807) is 6.07 Å². The molecule has 1 saturated carbocycles. The molecule has 2 fully saturated rings. The quantitative estimate of drug-likeness (QED) is 0.421. The lowest BCUT2D eigenvalue weighted by atomic mass is 10.0. The van der Waals surface area contributed by atoms with Crippen LogP contribution >= 0.6 is 23.2 Å². The van der Waals surface area contributed by atoms with E-state index in [4.69, 9.17) is 32.5 Å². The molecular formula is C25H25Cl2N3O3. The number of hydrogen-bond acceptors (Lipinski definition) is 6. The topological polar surface area (TPSA) is 58.8 Å². The first-order valence-corrected chi connectivity index (χ1v) is 11.9. The number of rotatable bonds is 6. The van der Waals surface area contributed by atoms with Crippen molar-refractivity contribution in [2.75, 3.05) is 38.2 Å². The minimum absolute atomic E-state index is 0.318. The van der Waals surface area contributed by atoms with Crippen LogP contribution in [0.5, 0.6) is 0 Å². The average molecular weight is 486 g/mol.